The number of rotatable bonds is 2. The van der Waals surface area contributed by atoms with Crippen LogP contribution >= 0.6 is 0 Å². The molecule has 1 aromatic rings. The van der Waals surface area contributed by atoms with E-state index in [-0.39, 0.29) is 12.2 Å². The van der Waals surface area contributed by atoms with E-state index in [9.17, 15) is 9.59 Å². The maximum atomic E-state index is 11.6. The number of carboxylic acid groups (broad SMARTS) is 1. The summed E-state index contributed by atoms with van der Waals surface area (Å²) in [5.41, 5.74) is 2.48. The Morgan fingerprint density at radius 3 is 2.87 bits per heavy atom. The van der Waals surface area contributed by atoms with Gasteiger partial charge >= 0.3 is 5.97 Å². The highest BCUT2D eigenvalue weighted by atomic mass is 16.4. The van der Waals surface area contributed by atoms with Gasteiger partial charge in [0.05, 0.1) is 6.42 Å². The Morgan fingerprint density at radius 1 is 1.33 bits per heavy atom. The molecule has 3 nitrogen and oxygen atoms in total. The molecule has 0 bridgehead atoms. The van der Waals surface area contributed by atoms with E-state index >= 15 is 0 Å². The van der Waals surface area contributed by atoms with Crippen molar-refractivity contribution in [2.75, 3.05) is 0 Å². The number of carboxylic acids is 1. The van der Waals surface area contributed by atoms with Gasteiger partial charge in [0.15, 0.2) is 5.78 Å². The van der Waals surface area contributed by atoms with Crippen molar-refractivity contribution in [2.24, 2.45) is 0 Å². The van der Waals surface area contributed by atoms with E-state index < -0.39 is 5.97 Å². The summed E-state index contributed by atoms with van der Waals surface area (Å²) in [6.45, 7) is 0. The zero-order chi connectivity index (χ0) is 10.8. The number of carbonyl (C=O) groups is 2. The Labute approximate surface area is 87.7 Å². The molecule has 78 valence electrons. The molecule has 0 fully saturated rings. The van der Waals surface area contributed by atoms with Gasteiger partial charge in [-0.1, -0.05) is 12.1 Å². The maximum Gasteiger partial charge on any atom is 0.307 e. The number of aryl methyl sites for hydroxylation is 1. The summed E-state index contributed by atoms with van der Waals surface area (Å²) in [6, 6.07) is 5.40. The molecule has 1 aliphatic rings. The monoisotopic (exact) mass is 204 g/mol. The number of ketones is 1. The third-order valence-corrected chi connectivity index (χ3v) is 2.68. The number of hydrogen-bond donors (Lipinski definition) is 1. The van der Waals surface area contributed by atoms with Crippen molar-refractivity contribution in [2.45, 2.75) is 25.7 Å². The first kappa shape index (κ1) is 9.90. The van der Waals surface area contributed by atoms with E-state index in [4.69, 9.17) is 5.11 Å². The molecule has 2 rings (SSSR count). The van der Waals surface area contributed by atoms with Crippen molar-refractivity contribution < 1.29 is 14.7 Å². The van der Waals surface area contributed by atoms with Gasteiger partial charge in [0.1, 0.15) is 0 Å². The lowest BCUT2D eigenvalue weighted by Crippen LogP contribution is -2.12. The number of hydrogen-bond acceptors (Lipinski definition) is 2. The van der Waals surface area contributed by atoms with Crippen LogP contribution in [0, 0.1) is 0 Å². The lowest BCUT2D eigenvalue weighted by Gasteiger charge is -2.15. The van der Waals surface area contributed by atoms with Crippen LogP contribution in [0.1, 0.15) is 34.3 Å². The van der Waals surface area contributed by atoms with Gasteiger partial charge in [0, 0.05) is 12.0 Å². The normalized spacial score (nSPS) is 14.8. The topological polar surface area (TPSA) is 54.4 Å². The molecule has 0 aromatic heterocycles. The van der Waals surface area contributed by atoms with Crippen molar-refractivity contribution in [1.29, 1.82) is 0 Å². The van der Waals surface area contributed by atoms with Gasteiger partial charge < -0.3 is 5.11 Å². The van der Waals surface area contributed by atoms with Gasteiger partial charge in [0.2, 0.25) is 0 Å². The quantitative estimate of drug-likeness (QED) is 0.799. The first-order valence-corrected chi connectivity index (χ1v) is 5.03. The smallest absolute Gasteiger partial charge is 0.307 e. The van der Waals surface area contributed by atoms with Gasteiger partial charge in [-0.05, 0) is 30.0 Å². The van der Waals surface area contributed by atoms with Crippen molar-refractivity contribution in [3.05, 3.63) is 34.9 Å². The number of benzene rings is 1. The number of Topliss-reactive ketones (excluding diaryl/α,β-unsaturated/α-hetero) is 1. The molecule has 1 aliphatic carbocycles. The number of carbonyl (C=O) groups excluding carboxylic acids is 1. The van der Waals surface area contributed by atoms with Crippen LogP contribution in [0.4, 0.5) is 0 Å². The average Bonchev–Trinajstić information content (AvgIpc) is 2.18. The SMILES string of the molecule is O=C(O)Cc1ccc2c(c1)C(=O)CCC2. The zero-order valence-electron chi connectivity index (χ0n) is 8.32. The van der Waals surface area contributed by atoms with Crippen LogP contribution in [0.5, 0.6) is 0 Å². The van der Waals surface area contributed by atoms with E-state index in [2.05, 4.69) is 0 Å². The largest absolute Gasteiger partial charge is 0.481 e. The first-order valence-electron chi connectivity index (χ1n) is 5.03. The molecule has 0 unspecified atom stereocenters. The van der Waals surface area contributed by atoms with E-state index in [1.54, 1.807) is 12.1 Å². The van der Waals surface area contributed by atoms with Crippen LogP contribution in [0.15, 0.2) is 18.2 Å². The van der Waals surface area contributed by atoms with Gasteiger partial charge in [0.25, 0.3) is 0 Å². The predicted octanol–water partition coefficient (Wildman–Crippen LogP) is 1.83. The van der Waals surface area contributed by atoms with E-state index in [0.717, 1.165) is 24.0 Å². The molecule has 0 spiro atoms. The third kappa shape index (κ3) is 2.06. The van der Waals surface area contributed by atoms with Crippen molar-refractivity contribution in [3.63, 3.8) is 0 Å². The second kappa shape index (κ2) is 3.85. The van der Waals surface area contributed by atoms with Crippen molar-refractivity contribution in [3.8, 4) is 0 Å². The third-order valence-electron chi connectivity index (χ3n) is 2.68. The van der Waals surface area contributed by atoms with Crippen LogP contribution in [-0.2, 0) is 17.6 Å². The minimum Gasteiger partial charge on any atom is -0.481 e. The highest BCUT2D eigenvalue weighted by Gasteiger charge is 2.17. The molecule has 1 aromatic carbocycles. The molecule has 0 aliphatic heterocycles. The van der Waals surface area contributed by atoms with Crippen molar-refractivity contribution in [1.82, 2.24) is 0 Å². The Balaban J connectivity index is 2.35. The van der Waals surface area contributed by atoms with Crippen LogP contribution < -0.4 is 0 Å². The van der Waals surface area contributed by atoms with E-state index in [1.807, 2.05) is 6.07 Å². The molecule has 0 heterocycles. The van der Waals surface area contributed by atoms with Crippen LogP contribution in [0.3, 0.4) is 0 Å². The molecule has 0 radical (unpaired) electrons. The summed E-state index contributed by atoms with van der Waals surface area (Å²) in [5.74, 6) is -0.721. The van der Waals surface area contributed by atoms with Crippen LogP contribution in [0.25, 0.3) is 0 Å². The Morgan fingerprint density at radius 2 is 2.13 bits per heavy atom. The van der Waals surface area contributed by atoms with Crippen molar-refractivity contribution >= 4 is 11.8 Å². The Bertz CT molecular complexity index is 421. The molecule has 3 heteroatoms. The minimum atomic E-state index is -0.863. The van der Waals surface area contributed by atoms with Gasteiger partial charge in [-0.15, -0.1) is 0 Å². The molecule has 1 N–H and O–H groups in total. The standard InChI is InChI=1S/C12H12O3/c13-11-3-1-2-9-5-4-8(6-10(9)11)7-12(14)15/h4-6H,1-3,7H2,(H,14,15). The summed E-state index contributed by atoms with van der Waals surface area (Å²) in [6.07, 6.45) is 2.41. The van der Waals surface area contributed by atoms with Gasteiger partial charge in [-0.3, -0.25) is 9.59 Å². The highest BCUT2D eigenvalue weighted by molar-refractivity contribution is 5.98. The number of fused-ring (bicyclic) bond motifs is 1. The highest BCUT2D eigenvalue weighted by Crippen LogP contribution is 2.22. The molecular formula is C12H12O3. The fraction of sp³-hybridized carbons (Fsp3) is 0.333. The molecule has 0 atom stereocenters. The molecule has 0 saturated heterocycles. The minimum absolute atomic E-state index is 0.0133. The zero-order valence-corrected chi connectivity index (χ0v) is 8.32. The second-order valence-corrected chi connectivity index (χ2v) is 3.84. The van der Waals surface area contributed by atoms with Gasteiger partial charge in [-0.25, -0.2) is 0 Å². The van der Waals surface area contributed by atoms with Crippen LogP contribution in [0.2, 0.25) is 0 Å². The van der Waals surface area contributed by atoms with Crippen LogP contribution in [-0.4, -0.2) is 16.9 Å². The molecule has 0 saturated carbocycles. The Kier molecular flexibility index (Phi) is 2.54. The van der Waals surface area contributed by atoms with E-state index in [0.29, 0.717) is 12.0 Å². The average molecular weight is 204 g/mol. The number of aliphatic carboxylic acids is 1. The summed E-state index contributed by atoms with van der Waals surface area (Å²) < 4.78 is 0. The Hall–Kier alpha value is -1.64. The second-order valence-electron chi connectivity index (χ2n) is 3.84. The molecular weight excluding hydrogens is 192 g/mol. The maximum absolute atomic E-state index is 11.6. The fourth-order valence-electron chi connectivity index (χ4n) is 1.96. The first-order chi connectivity index (χ1) is 7.16. The summed E-state index contributed by atoms with van der Waals surface area (Å²) >= 11 is 0. The lowest BCUT2D eigenvalue weighted by atomic mass is 9.89. The molecule has 0 amide bonds. The molecule has 15 heavy (non-hydrogen) atoms. The summed E-state index contributed by atoms with van der Waals surface area (Å²) in [7, 11) is 0. The summed E-state index contributed by atoms with van der Waals surface area (Å²) in [5, 5.41) is 8.65. The fourth-order valence-corrected chi connectivity index (χ4v) is 1.96. The predicted molar refractivity (Wildman–Crippen MR) is 55.1 cm³/mol. The summed E-state index contributed by atoms with van der Waals surface area (Å²) in [4.78, 5) is 22.1. The lowest BCUT2D eigenvalue weighted by molar-refractivity contribution is -0.136. The van der Waals surface area contributed by atoms with E-state index in [1.165, 1.54) is 0 Å². The van der Waals surface area contributed by atoms with Gasteiger partial charge in [-0.2, -0.15) is 0 Å².